The van der Waals surface area contributed by atoms with E-state index in [9.17, 15) is 18.4 Å². The molecule has 1 aromatic rings. The van der Waals surface area contributed by atoms with E-state index in [1.54, 1.807) is 0 Å². The molecule has 1 aliphatic rings. The Morgan fingerprint density at radius 2 is 1.93 bits per heavy atom. The van der Waals surface area contributed by atoms with Gasteiger partial charge in [-0.05, 0) is 0 Å². The molecule has 2 N–H and O–H groups in total. The van der Waals surface area contributed by atoms with Crippen LogP contribution in [0.3, 0.4) is 0 Å². The lowest BCUT2D eigenvalue weighted by atomic mass is 10.2. The first-order valence-electron chi connectivity index (χ1n) is 8.45. The molecule has 1 saturated heterocycles. The fourth-order valence-electron chi connectivity index (χ4n) is 2.72. The van der Waals surface area contributed by atoms with Crippen molar-refractivity contribution in [2.45, 2.75) is 24.9 Å². The first kappa shape index (κ1) is 21.0. The van der Waals surface area contributed by atoms with Crippen LogP contribution in [-0.2, 0) is 16.0 Å². The number of carbonyl (C=O) groups excluding carboxylic acids is 2. The molecule has 0 aliphatic carbocycles. The first-order chi connectivity index (χ1) is 12.9. The van der Waals surface area contributed by atoms with Gasteiger partial charge in [-0.1, -0.05) is 5.21 Å². The Labute approximate surface area is 155 Å². The predicted octanol–water partition coefficient (Wildman–Crippen LogP) is -0.280. The van der Waals surface area contributed by atoms with Crippen LogP contribution in [0.5, 0.6) is 0 Å². The highest BCUT2D eigenvalue weighted by atomic mass is 19.3. The molecule has 0 bridgehead atoms. The maximum absolute atomic E-state index is 13.8. The average Bonchev–Trinajstić information content (AvgIpc) is 3.19. The molecule has 1 atom stereocenters. The molecule has 0 aromatic carbocycles. The summed E-state index contributed by atoms with van der Waals surface area (Å²) in [7, 11) is 2.99. The molecule has 27 heavy (non-hydrogen) atoms. The maximum Gasteiger partial charge on any atom is 0.318 e. The van der Waals surface area contributed by atoms with E-state index in [2.05, 4.69) is 20.9 Å². The summed E-state index contributed by atoms with van der Waals surface area (Å²) in [5.41, 5.74) is 0.0620. The van der Waals surface area contributed by atoms with Gasteiger partial charge in [0.15, 0.2) is 5.69 Å². The SMILES string of the molecule is COCCNC(=O)c1cn(CC2CC(F)(F)CN2C(=O)NCCOC)nn1. The number of alkyl halides is 2. The number of nitrogens with zero attached hydrogens (tertiary/aromatic N) is 4. The van der Waals surface area contributed by atoms with E-state index in [0.717, 1.165) is 4.90 Å². The third kappa shape index (κ3) is 6.10. The number of halogens is 2. The largest absolute Gasteiger partial charge is 0.383 e. The summed E-state index contributed by atoms with van der Waals surface area (Å²) in [5, 5.41) is 12.7. The number of ether oxygens (including phenoxy) is 2. The summed E-state index contributed by atoms with van der Waals surface area (Å²) in [6.45, 7) is 0.502. The van der Waals surface area contributed by atoms with Crippen LogP contribution in [0.2, 0.25) is 0 Å². The highest BCUT2D eigenvalue weighted by Crippen LogP contribution is 2.32. The van der Waals surface area contributed by atoms with Crippen molar-refractivity contribution in [2.75, 3.05) is 47.1 Å². The fraction of sp³-hybridized carbons (Fsp3) is 0.733. The highest BCUT2D eigenvalue weighted by Gasteiger charge is 2.47. The van der Waals surface area contributed by atoms with Gasteiger partial charge in [0, 0.05) is 33.7 Å². The third-order valence-electron chi connectivity index (χ3n) is 3.98. The third-order valence-corrected chi connectivity index (χ3v) is 3.98. The van der Waals surface area contributed by atoms with Crippen LogP contribution >= 0.6 is 0 Å². The van der Waals surface area contributed by atoms with Gasteiger partial charge in [-0.25, -0.2) is 18.3 Å². The zero-order chi connectivity index (χ0) is 19.9. The van der Waals surface area contributed by atoms with E-state index in [1.807, 2.05) is 0 Å². The minimum absolute atomic E-state index is 0.00559. The van der Waals surface area contributed by atoms with Gasteiger partial charge >= 0.3 is 6.03 Å². The topological polar surface area (TPSA) is 111 Å². The summed E-state index contributed by atoms with van der Waals surface area (Å²) in [4.78, 5) is 25.2. The molecular formula is C15H24F2N6O4. The molecule has 10 nitrogen and oxygen atoms in total. The quantitative estimate of drug-likeness (QED) is 0.561. The van der Waals surface area contributed by atoms with E-state index in [1.165, 1.54) is 25.1 Å². The number of rotatable bonds is 9. The van der Waals surface area contributed by atoms with Crippen LogP contribution < -0.4 is 10.6 Å². The van der Waals surface area contributed by atoms with Crippen LogP contribution in [0.1, 0.15) is 16.9 Å². The van der Waals surface area contributed by atoms with Crippen molar-refractivity contribution in [3.63, 3.8) is 0 Å². The molecule has 1 aromatic heterocycles. The number of hydrogen-bond acceptors (Lipinski definition) is 6. The van der Waals surface area contributed by atoms with E-state index in [0.29, 0.717) is 13.2 Å². The summed E-state index contributed by atoms with van der Waals surface area (Å²) in [6.07, 6.45) is 0.875. The Morgan fingerprint density at radius 3 is 2.59 bits per heavy atom. The Balaban J connectivity index is 1.97. The number of carbonyl (C=O) groups is 2. The second-order valence-corrected chi connectivity index (χ2v) is 6.14. The fourth-order valence-corrected chi connectivity index (χ4v) is 2.72. The van der Waals surface area contributed by atoms with Gasteiger partial charge < -0.3 is 25.0 Å². The molecule has 1 unspecified atom stereocenters. The van der Waals surface area contributed by atoms with Crippen molar-refractivity contribution < 1.29 is 27.8 Å². The number of likely N-dealkylation sites (tertiary alicyclic amines) is 1. The van der Waals surface area contributed by atoms with Crippen molar-refractivity contribution in [1.82, 2.24) is 30.5 Å². The van der Waals surface area contributed by atoms with Gasteiger partial charge in [-0.2, -0.15) is 0 Å². The maximum atomic E-state index is 13.8. The molecule has 2 rings (SSSR count). The monoisotopic (exact) mass is 390 g/mol. The van der Waals surface area contributed by atoms with Crippen molar-refractivity contribution in [3.05, 3.63) is 11.9 Å². The normalized spacial score (nSPS) is 18.5. The molecule has 0 saturated carbocycles. The van der Waals surface area contributed by atoms with Crippen LogP contribution in [0.15, 0.2) is 6.20 Å². The lowest BCUT2D eigenvalue weighted by Crippen LogP contribution is -2.45. The smallest absolute Gasteiger partial charge is 0.318 e. The van der Waals surface area contributed by atoms with Gasteiger partial charge in [-0.3, -0.25) is 4.79 Å². The minimum atomic E-state index is -2.98. The first-order valence-corrected chi connectivity index (χ1v) is 8.45. The molecule has 152 valence electrons. The van der Waals surface area contributed by atoms with E-state index in [-0.39, 0.29) is 25.4 Å². The van der Waals surface area contributed by atoms with Crippen LogP contribution in [-0.4, -0.2) is 90.9 Å². The average molecular weight is 390 g/mol. The second kappa shape index (κ2) is 9.55. The standard InChI is InChI=1S/C15H24F2N6O4/c1-26-5-3-18-13(24)12-9-22(21-20-12)8-11-7-15(16,17)10-23(11)14(25)19-4-6-27-2/h9,11H,3-8,10H2,1-2H3,(H,18,24)(H,19,25). The molecule has 3 amide bonds. The van der Waals surface area contributed by atoms with E-state index < -0.39 is 36.9 Å². The number of nitrogens with one attached hydrogen (secondary N) is 2. The summed E-state index contributed by atoms with van der Waals surface area (Å²) >= 11 is 0. The summed E-state index contributed by atoms with van der Waals surface area (Å²) in [6, 6.07) is -1.36. The van der Waals surface area contributed by atoms with Gasteiger partial charge in [0.05, 0.1) is 38.5 Å². The summed E-state index contributed by atoms with van der Waals surface area (Å²) < 4.78 is 38.6. The van der Waals surface area contributed by atoms with Gasteiger partial charge in [0.2, 0.25) is 0 Å². The van der Waals surface area contributed by atoms with Crippen molar-refractivity contribution >= 4 is 11.9 Å². The van der Waals surface area contributed by atoms with Crippen molar-refractivity contribution in [3.8, 4) is 0 Å². The number of urea groups is 1. The lowest BCUT2D eigenvalue weighted by Gasteiger charge is -2.23. The van der Waals surface area contributed by atoms with Crippen LogP contribution in [0.4, 0.5) is 13.6 Å². The molecule has 1 fully saturated rings. The Hall–Kier alpha value is -2.34. The molecular weight excluding hydrogens is 366 g/mol. The van der Waals surface area contributed by atoms with Crippen molar-refractivity contribution in [1.29, 1.82) is 0 Å². The lowest BCUT2D eigenvalue weighted by molar-refractivity contribution is 0.0145. The zero-order valence-corrected chi connectivity index (χ0v) is 15.3. The van der Waals surface area contributed by atoms with E-state index >= 15 is 0 Å². The molecule has 0 radical (unpaired) electrons. The van der Waals surface area contributed by atoms with Gasteiger partial charge in [0.1, 0.15) is 0 Å². The summed E-state index contributed by atoms with van der Waals surface area (Å²) in [5.74, 6) is -3.42. The number of aromatic nitrogens is 3. The second-order valence-electron chi connectivity index (χ2n) is 6.14. The van der Waals surface area contributed by atoms with E-state index in [4.69, 9.17) is 9.47 Å². The molecule has 1 aliphatic heterocycles. The molecule has 2 heterocycles. The van der Waals surface area contributed by atoms with Gasteiger partial charge in [0.25, 0.3) is 11.8 Å². The molecule has 0 spiro atoms. The Kier molecular flexibility index (Phi) is 7.42. The van der Waals surface area contributed by atoms with Crippen LogP contribution in [0.25, 0.3) is 0 Å². The predicted molar refractivity (Wildman–Crippen MR) is 89.6 cm³/mol. The number of amides is 3. The van der Waals surface area contributed by atoms with Crippen LogP contribution in [0, 0.1) is 0 Å². The zero-order valence-electron chi connectivity index (χ0n) is 15.3. The molecule has 12 heteroatoms. The Bertz CT molecular complexity index is 642. The van der Waals surface area contributed by atoms with Crippen molar-refractivity contribution in [2.24, 2.45) is 0 Å². The highest BCUT2D eigenvalue weighted by molar-refractivity contribution is 5.91. The van der Waals surface area contributed by atoms with Gasteiger partial charge in [-0.15, -0.1) is 5.10 Å². The number of methoxy groups -OCH3 is 2. The minimum Gasteiger partial charge on any atom is -0.383 e. The number of hydrogen-bond donors (Lipinski definition) is 2. The Morgan fingerprint density at radius 1 is 1.26 bits per heavy atom.